The molecule has 0 saturated carbocycles. The molecule has 0 saturated heterocycles. The largest absolute Gasteiger partial charge is 0.302 e. The highest BCUT2D eigenvalue weighted by Gasteiger charge is 2.19. The van der Waals surface area contributed by atoms with Crippen molar-refractivity contribution in [2.75, 3.05) is 0 Å². The molecule has 3 nitrogen and oxygen atoms in total. The molecule has 4 rings (SSSR count). The van der Waals surface area contributed by atoms with Gasteiger partial charge in [-0.25, -0.2) is 4.98 Å². The minimum atomic E-state index is 0.544. The van der Waals surface area contributed by atoms with Crippen molar-refractivity contribution in [2.45, 2.75) is 6.54 Å². The Bertz CT molecular complexity index is 849. The van der Waals surface area contributed by atoms with Crippen LogP contribution in [0.3, 0.4) is 0 Å². The van der Waals surface area contributed by atoms with E-state index >= 15 is 0 Å². The summed E-state index contributed by atoms with van der Waals surface area (Å²) >= 11 is 6.36. The predicted octanol–water partition coefficient (Wildman–Crippen LogP) is 3.88. The average Bonchev–Trinajstić information content (AvgIpc) is 2.92. The second-order valence-electron chi connectivity index (χ2n) is 4.88. The minimum absolute atomic E-state index is 0.544. The molecule has 21 heavy (non-hydrogen) atoms. The van der Waals surface area contributed by atoms with Gasteiger partial charge in [-0.05, 0) is 12.1 Å². The van der Waals surface area contributed by atoms with Crippen molar-refractivity contribution in [3.63, 3.8) is 0 Å². The predicted molar refractivity (Wildman–Crippen MR) is 84.4 cm³/mol. The van der Waals surface area contributed by atoms with Crippen molar-refractivity contribution in [1.29, 1.82) is 0 Å². The van der Waals surface area contributed by atoms with Gasteiger partial charge in [-0.3, -0.25) is 4.99 Å². The van der Waals surface area contributed by atoms with Crippen molar-refractivity contribution in [3.8, 4) is 5.69 Å². The first-order valence-corrected chi connectivity index (χ1v) is 7.14. The number of imidazole rings is 1. The maximum Gasteiger partial charge on any atom is 0.134 e. The number of benzene rings is 2. The lowest BCUT2D eigenvalue weighted by atomic mass is 10.0. The number of rotatable bonds is 1. The summed E-state index contributed by atoms with van der Waals surface area (Å²) in [5, 5.41) is 0.714. The van der Waals surface area contributed by atoms with Crippen LogP contribution in [0.1, 0.15) is 17.0 Å². The van der Waals surface area contributed by atoms with Crippen LogP contribution in [-0.2, 0) is 6.54 Å². The Morgan fingerprint density at radius 2 is 1.71 bits per heavy atom. The Labute approximate surface area is 127 Å². The fraction of sp³-hybridized carbons (Fsp3) is 0.0588. The molecular formula is C17H12ClN3. The number of hydrogen-bond acceptors (Lipinski definition) is 2. The monoisotopic (exact) mass is 293 g/mol. The molecule has 0 amide bonds. The van der Waals surface area contributed by atoms with Gasteiger partial charge < -0.3 is 4.57 Å². The summed E-state index contributed by atoms with van der Waals surface area (Å²) in [5.41, 5.74) is 4.03. The third kappa shape index (κ3) is 1.98. The fourth-order valence-corrected chi connectivity index (χ4v) is 2.90. The Morgan fingerprint density at radius 3 is 2.57 bits per heavy atom. The Hall–Kier alpha value is -2.39. The maximum atomic E-state index is 6.36. The molecule has 1 aliphatic rings. The van der Waals surface area contributed by atoms with Crippen molar-refractivity contribution in [3.05, 3.63) is 82.9 Å². The quantitative estimate of drug-likeness (QED) is 0.670. The number of fused-ring (bicyclic) bond motifs is 3. The SMILES string of the molecule is Clc1ccccc1C1=NCc2nccn2-c2ccccc21. The fourth-order valence-electron chi connectivity index (χ4n) is 2.67. The van der Waals surface area contributed by atoms with E-state index in [1.165, 1.54) is 0 Å². The number of para-hydroxylation sites is 1. The number of halogens is 1. The molecule has 1 aromatic heterocycles. The van der Waals surface area contributed by atoms with Crippen LogP contribution in [0.15, 0.2) is 65.9 Å². The third-order valence-electron chi connectivity index (χ3n) is 3.64. The highest BCUT2D eigenvalue weighted by Crippen LogP contribution is 2.27. The lowest BCUT2D eigenvalue weighted by Gasteiger charge is -2.12. The Morgan fingerprint density at radius 1 is 0.952 bits per heavy atom. The second kappa shape index (κ2) is 4.86. The molecular weight excluding hydrogens is 282 g/mol. The minimum Gasteiger partial charge on any atom is -0.302 e. The van der Waals surface area contributed by atoms with Crippen LogP contribution in [0.4, 0.5) is 0 Å². The van der Waals surface area contributed by atoms with Crippen molar-refractivity contribution in [1.82, 2.24) is 9.55 Å². The molecule has 0 N–H and O–H groups in total. The number of aromatic nitrogens is 2. The van der Waals surface area contributed by atoms with E-state index in [0.29, 0.717) is 11.6 Å². The molecule has 2 aromatic carbocycles. The van der Waals surface area contributed by atoms with E-state index in [1.807, 2.05) is 48.8 Å². The van der Waals surface area contributed by atoms with Gasteiger partial charge in [-0.15, -0.1) is 0 Å². The molecule has 0 spiro atoms. The highest BCUT2D eigenvalue weighted by atomic mass is 35.5. The summed E-state index contributed by atoms with van der Waals surface area (Å²) < 4.78 is 2.09. The zero-order chi connectivity index (χ0) is 14.2. The van der Waals surface area contributed by atoms with Crippen LogP contribution in [-0.4, -0.2) is 15.3 Å². The van der Waals surface area contributed by atoms with E-state index < -0.39 is 0 Å². The molecule has 4 heteroatoms. The normalized spacial score (nSPS) is 13.1. The number of aliphatic imine (C=N–C) groups is 1. The topological polar surface area (TPSA) is 30.2 Å². The van der Waals surface area contributed by atoms with Gasteiger partial charge in [0.1, 0.15) is 5.82 Å². The zero-order valence-electron chi connectivity index (χ0n) is 11.2. The van der Waals surface area contributed by atoms with E-state index in [4.69, 9.17) is 16.6 Å². The van der Waals surface area contributed by atoms with E-state index in [9.17, 15) is 0 Å². The van der Waals surface area contributed by atoms with E-state index in [-0.39, 0.29) is 0 Å². The van der Waals surface area contributed by atoms with Gasteiger partial charge in [-0.1, -0.05) is 48.0 Å². The number of hydrogen-bond donors (Lipinski definition) is 0. The van der Waals surface area contributed by atoms with Gasteiger partial charge in [0.05, 0.1) is 17.9 Å². The van der Waals surface area contributed by atoms with Crippen LogP contribution in [0.25, 0.3) is 5.69 Å². The molecule has 3 aromatic rings. The first-order chi connectivity index (χ1) is 10.3. The molecule has 0 bridgehead atoms. The van der Waals surface area contributed by atoms with Crippen molar-refractivity contribution in [2.24, 2.45) is 4.99 Å². The Kier molecular flexibility index (Phi) is 2.86. The first kappa shape index (κ1) is 12.4. The van der Waals surface area contributed by atoms with E-state index in [0.717, 1.165) is 28.4 Å². The first-order valence-electron chi connectivity index (χ1n) is 6.76. The molecule has 0 fully saturated rings. The molecule has 102 valence electrons. The third-order valence-corrected chi connectivity index (χ3v) is 3.97. The molecule has 0 aliphatic carbocycles. The highest BCUT2D eigenvalue weighted by molar-refractivity contribution is 6.35. The second-order valence-corrected chi connectivity index (χ2v) is 5.28. The standard InChI is InChI=1S/C17H12ClN3/c18-14-7-3-1-5-12(14)17-13-6-2-4-8-15(13)21-10-9-19-16(21)11-20-17/h1-10H,11H2. The molecule has 1 aliphatic heterocycles. The van der Waals surface area contributed by atoms with Gasteiger partial charge in [-0.2, -0.15) is 0 Å². The van der Waals surface area contributed by atoms with Gasteiger partial charge in [0.2, 0.25) is 0 Å². The number of nitrogens with zero attached hydrogens (tertiary/aromatic N) is 3. The average molecular weight is 294 g/mol. The summed E-state index contributed by atoms with van der Waals surface area (Å²) in [6.07, 6.45) is 3.78. The van der Waals surface area contributed by atoms with Crippen LogP contribution >= 0.6 is 11.6 Å². The van der Waals surface area contributed by atoms with E-state index in [1.54, 1.807) is 0 Å². The summed E-state index contributed by atoms with van der Waals surface area (Å²) in [6.45, 7) is 0.544. The smallest absolute Gasteiger partial charge is 0.134 e. The van der Waals surface area contributed by atoms with Crippen LogP contribution < -0.4 is 0 Å². The van der Waals surface area contributed by atoms with Crippen LogP contribution in [0.5, 0.6) is 0 Å². The maximum absolute atomic E-state index is 6.36. The van der Waals surface area contributed by atoms with Gasteiger partial charge in [0.15, 0.2) is 0 Å². The summed E-state index contributed by atoms with van der Waals surface area (Å²) in [6, 6.07) is 16.0. The summed E-state index contributed by atoms with van der Waals surface area (Å²) in [4.78, 5) is 9.15. The van der Waals surface area contributed by atoms with Gasteiger partial charge in [0, 0.05) is 28.5 Å². The van der Waals surface area contributed by atoms with Crippen LogP contribution in [0.2, 0.25) is 5.02 Å². The molecule has 0 atom stereocenters. The van der Waals surface area contributed by atoms with Crippen LogP contribution in [0, 0.1) is 0 Å². The van der Waals surface area contributed by atoms with Gasteiger partial charge >= 0.3 is 0 Å². The Balaban J connectivity index is 1.99. The zero-order valence-corrected chi connectivity index (χ0v) is 12.0. The molecule has 0 radical (unpaired) electrons. The lowest BCUT2D eigenvalue weighted by Crippen LogP contribution is -2.07. The van der Waals surface area contributed by atoms with Crippen molar-refractivity contribution >= 4 is 17.3 Å². The molecule has 0 unspecified atom stereocenters. The summed E-state index contributed by atoms with van der Waals surface area (Å²) in [5.74, 6) is 0.935. The summed E-state index contributed by atoms with van der Waals surface area (Å²) in [7, 11) is 0. The molecule has 2 heterocycles. The van der Waals surface area contributed by atoms with Crippen molar-refractivity contribution < 1.29 is 0 Å². The van der Waals surface area contributed by atoms with E-state index in [2.05, 4.69) is 21.7 Å². The lowest BCUT2D eigenvalue weighted by molar-refractivity contribution is 0.880. The van der Waals surface area contributed by atoms with Gasteiger partial charge in [0.25, 0.3) is 0 Å².